The van der Waals surface area contributed by atoms with E-state index in [-0.39, 0.29) is 5.75 Å². The van der Waals surface area contributed by atoms with Gasteiger partial charge in [-0.2, -0.15) is 0 Å². The van der Waals surface area contributed by atoms with Crippen molar-refractivity contribution in [2.24, 2.45) is 0 Å². The molecule has 2 aromatic rings. The molecular weight excluding hydrogens is 270 g/mol. The van der Waals surface area contributed by atoms with Crippen LogP contribution in [0.25, 0.3) is 10.9 Å². The summed E-state index contributed by atoms with van der Waals surface area (Å²) in [5.74, 6) is -0.361. The lowest BCUT2D eigenvalue weighted by atomic mass is 10.1. The maximum atomic E-state index is 12.2. The summed E-state index contributed by atoms with van der Waals surface area (Å²) < 4.78 is 6.67. The number of unbranched alkanes of at least 4 members (excludes halogenated alkanes) is 3. The highest BCUT2D eigenvalue weighted by Gasteiger charge is 2.15. The normalized spacial score (nSPS) is 11.0. The molecule has 0 aliphatic heterocycles. The smallest absolute Gasteiger partial charge is 0.297 e. The summed E-state index contributed by atoms with van der Waals surface area (Å²) in [6, 6.07) is 5.04. The Labute approximate surface area is 123 Å². The molecular formula is C16H21NO4. The lowest BCUT2D eigenvalue weighted by Gasteiger charge is -2.13. The van der Waals surface area contributed by atoms with E-state index < -0.39 is 11.3 Å². The third-order valence-corrected chi connectivity index (χ3v) is 3.66. The third kappa shape index (κ3) is 2.96. The molecule has 0 spiro atoms. The Bertz CT molecular complexity index is 691. The summed E-state index contributed by atoms with van der Waals surface area (Å²) in [7, 11) is 1.55. The first kappa shape index (κ1) is 15.2. The molecule has 0 fully saturated rings. The van der Waals surface area contributed by atoms with Crippen molar-refractivity contribution in [1.29, 1.82) is 0 Å². The molecule has 2 rings (SSSR count). The first-order chi connectivity index (χ1) is 10.1. The molecule has 1 aromatic heterocycles. The number of nitrogens with zero attached hydrogens (tertiary/aromatic N) is 1. The first-order valence-corrected chi connectivity index (χ1v) is 7.22. The molecule has 0 atom stereocenters. The zero-order valence-corrected chi connectivity index (χ0v) is 12.4. The quantitative estimate of drug-likeness (QED) is 0.803. The van der Waals surface area contributed by atoms with E-state index in [2.05, 4.69) is 6.92 Å². The van der Waals surface area contributed by atoms with Crippen LogP contribution in [0.2, 0.25) is 0 Å². The summed E-state index contributed by atoms with van der Waals surface area (Å²) in [6.45, 7) is 2.63. The summed E-state index contributed by atoms with van der Waals surface area (Å²) in [5.41, 5.74) is 0.0101. The molecule has 0 aliphatic rings. The van der Waals surface area contributed by atoms with Crippen LogP contribution in [0, 0.1) is 0 Å². The number of aromatic hydroxyl groups is 2. The van der Waals surface area contributed by atoms with E-state index in [1.807, 2.05) is 0 Å². The SMILES string of the molecule is CCCCCCn1c(=O)c(O)c(O)c2ccc(OC)cc21. The molecule has 21 heavy (non-hydrogen) atoms. The molecule has 5 nitrogen and oxygen atoms in total. The first-order valence-electron chi connectivity index (χ1n) is 7.22. The van der Waals surface area contributed by atoms with Gasteiger partial charge in [-0.1, -0.05) is 26.2 Å². The van der Waals surface area contributed by atoms with Gasteiger partial charge in [0.25, 0.3) is 5.56 Å². The summed E-state index contributed by atoms with van der Waals surface area (Å²) in [5, 5.41) is 20.2. The van der Waals surface area contributed by atoms with E-state index in [4.69, 9.17) is 4.74 Å². The van der Waals surface area contributed by atoms with Gasteiger partial charge in [0, 0.05) is 18.0 Å². The largest absolute Gasteiger partial charge is 0.504 e. The minimum Gasteiger partial charge on any atom is -0.504 e. The number of fused-ring (bicyclic) bond motifs is 1. The van der Waals surface area contributed by atoms with Gasteiger partial charge >= 0.3 is 0 Å². The molecule has 0 saturated heterocycles. The van der Waals surface area contributed by atoms with Crippen molar-refractivity contribution >= 4 is 10.9 Å². The monoisotopic (exact) mass is 291 g/mol. The highest BCUT2D eigenvalue weighted by molar-refractivity contribution is 5.88. The van der Waals surface area contributed by atoms with Crippen molar-refractivity contribution < 1.29 is 14.9 Å². The molecule has 1 aromatic carbocycles. The average molecular weight is 291 g/mol. The van der Waals surface area contributed by atoms with Gasteiger partial charge < -0.3 is 19.5 Å². The van der Waals surface area contributed by atoms with Gasteiger partial charge in [-0.05, 0) is 18.6 Å². The summed E-state index contributed by atoms with van der Waals surface area (Å²) in [4.78, 5) is 12.2. The van der Waals surface area contributed by atoms with Crippen molar-refractivity contribution in [3.8, 4) is 17.2 Å². The fourth-order valence-corrected chi connectivity index (χ4v) is 2.45. The standard InChI is InChI=1S/C16H21NO4/c1-3-4-5-6-9-17-13-10-11(21-2)7-8-12(13)14(18)15(19)16(17)20/h7-8,10,18-19H,3-6,9H2,1-2H3. The second-order valence-corrected chi connectivity index (χ2v) is 5.10. The van der Waals surface area contributed by atoms with Gasteiger partial charge in [0.1, 0.15) is 5.75 Å². The van der Waals surface area contributed by atoms with Crippen LogP contribution in [0.15, 0.2) is 23.0 Å². The van der Waals surface area contributed by atoms with Crippen LogP contribution in [0.1, 0.15) is 32.6 Å². The van der Waals surface area contributed by atoms with Crippen molar-refractivity contribution in [3.05, 3.63) is 28.6 Å². The van der Waals surface area contributed by atoms with E-state index in [1.54, 1.807) is 25.3 Å². The molecule has 114 valence electrons. The predicted molar refractivity (Wildman–Crippen MR) is 82.2 cm³/mol. The fraction of sp³-hybridized carbons (Fsp3) is 0.438. The molecule has 0 unspecified atom stereocenters. The minimum absolute atomic E-state index is 0.373. The summed E-state index contributed by atoms with van der Waals surface area (Å²) >= 11 is 0. The van der Waals surface area contributed by atoms with Crippen molar-refractivity contribution in [1.82, 2.24) is 4.57 Å². The van der Waals surface area contributed by atoms with Crippen molar-refractivity contribution in [3.63, 3.8) is 0 Å². The van der Waals surface area contributed by atoms with E-state index in [1.165, 1.54) is 4.57 Å². The lowest BCUT2D eigenvalue weighted by Crippen LogP contribution is -2.20. The van der Waals surface area contributed by atoms with Crippen LogP contribution >= 0.6 is 0 Å². The van der Waals surface area contributed by atoms with Crippen LogP contribution < -0.4 is 10.3 Å². The highest BCUT2D eigenvalue weighted by atomic mass is 16.5. The molecule has 5 heteroatoms. The van der Waals surface area contributed by atoms with Gasteiger partial charge in [0.05, 0.1) is 12.6 Å². The maximum absolute atomic E-state index is 12.2. The number of benzene rings is 1. The van der Waals surface area contributed by atoms with E-state index in [9.17, 15) is 15.0 Å². The number of rotatable bonds is 6. The fourth-order valence-electron chi connectivity index (χ4n) is 2.45. The van der Waals surface area contributed by atoms with E-state index in [0.717, 1.165) is 25.7 Å². The van der Waals surface area contributed by atoms with Gasteiger partial charge in [-0.3, -0.25) is 4.79 Å². The van der Waals surface area contributed by atoms with Crippen molar-refractivity contribution in [2.75, 3.05) is 7.11 Å². The average Bonchev–Trinajstić information content (AvgIpc) is 2.51. The Morgan fingerprint density at radius 3 is 2.57 bits per heavy atom. The Morgan fingerprint density at radius 2 is 1.90 bits per heavy atom. The van der Waals surface area contributed by atoms with Crippen LogP contribution in [0.3, 0.4) is 0 Å². The molecule has 1 heterocycles. The molecule has 0 saturated carbocycles. The number of hydrogen-bond acceptors (Lipinski definition) is 4. The zero-order chi connectivity index (χ0) is 15.4. The predicted octanol–water partition coefficient (Wildman–Crippen LogP) is 3.00. The van der Waals surface area contributed by atoms with Crippen molar-refractivity contribution in [2.45, 2.75) is 39.2 Å². The Balaban J connectivity index is 2.52. The molecule has 0 radical (unpaired) electrons. The van der Waals surface area contributed by atoms with Gasteiger partial charge in [-0.25, -0.2) is 0 Å². The lowest BCUT2D eigenvalue weighted by molar-refractivity contribution is 0.395. The highest BCUT2D eigenvalue weighted by Crippen LogP contribution is 2.32. The van der Waals surface area contributed by atoms with E-state index in [0.29, 0.717) is 23.2 Å². The van der Waals surface area contributed by atoms with Crippen LogP contribution in [-0.2, 0) is 6.54 Å². The molecule has 0 bridgehead atoms. The zero-order valence-electron chi connectivity index (χ0n) is 12.4. The maximum Gasteiger partial charge on any atom is 0.297 e. The van der Waals surface area contributed by atoms with Gasteiger partial charge in [0.15, 0.2) is 5.75 Å². The molecule has 2 N–H and O–H groups in total. The number of pyridine rings is 1. The summed E-state index contributed by atoms with van der Waals surface area (Å²) in [6.07, 6.45) is 4.10. The third-order valence-electron chi connectivity index (χ3n) is 3.66. The van der Waals surface area contributed by atoms with Gasteiger partial charge in [-0.15, -0.1) is 0 Å². The Kier molecular flexibility index (Phi) is 4.73. The minimum atomic E-state index is -0.594. The number of methoxy groups -OCH3 is 1. The topological polar surface area (TPSA) is 71.7 Å². The van der Waals surface area contributed by atoms with Gasteiger partial charge in [0.2, 0.25) is 5.75 Å². The molecule has 0 aliphatic carbocycles. The van der Waals surface area contributed by atoms with Crippen LogP contribution in [0.4, 0.5) is 0 Å². The number of aromatic nitrogens is 1. The molecule has 0 amide bonds. The van der Waals surface area contributed by atoms with Crippen LogP contribution in [0.5, 0.6) is 17.2 Å². The Hall–Kier alpha value is -2.17. The van der Waals surface area contributed by atoms with Crippen LogP contribution in [-0.4, -0.2) is 21.9 Å². The second kappa shape index (κ2) is 6.52. The number of hydrogen-bond donors (Lipinski definition) is 2. The van der Waals surface area contributed by atoms with E-state index >= 15 is 0 Å². The number of ether oxygens (including phenoxy) is 1. The second-order valence-electron chi connectivity index (χ2n) is 5.10. The number of aryl methyl sites for hydroxylation is 1. The Morgan fingerprint density at radius 1 is 1.14 bits per heavy atom.